The molecule has 3 aromatic rings. The number of aromatic nitrogens is 2. The Kier molecular flexibility index (Phi) is 9.23. The predicted octanol–water partition coefficient (Wildman–Crippen LogP) is 2.93. The number of imidazole rings is 1. The summed E-state index contributed by atoms with van der Waals surface area (Å²) >= 11 is 0. The number of nitrogens with zero attached hydrogens (tertiary/aromatic N) is 2. The number of amides is 1. The number of para-hydroxylation sites is 2. The molecule has 11 nitrogen and oxygen atoms in total. The molecule has 1 amide bonds. The Labute approximate surface area is 239 Å². The van der Waals surface area contributed by atoms with E-state index in [1.165, 1.54) is 23.5 Å². The lowest BCUT2D eigenvalue weighted by atomic mass is 9.73. The molecular weight excluding hydrogens is 548 g/mol. The van der Waals surface area contributed by atoms with Gasteiger partial charge in [0.25, 0.3) is 5.91 Å². The number of hydrogen-bond donors (Lipinski definition) is 3. The molecule has 2 aliphatic rings. The van der Waals surface area contributed by atoms with Crippen molar-refractivity contribution < 1.29 is 32.5 Å². The average Bonchev–Trinajstić information content (AvgIpc) is 3.37. The standard InChI is InChI=1S/C29H36N4O7S/c1-38-22-9-11-23(12-10-22)41(36,37)33(13-15-34)14-16-39-28-18-21(20-5-4-6-20)17-26(40-28)29(35)30-19-27-31-24-7-2-3-8-25(24)32-27/h2-3,7-12,17,20-21,28,34H,4-6,13-16,18-19H2,1H3,(H,30,35)(H,31,32)/t21-,28+/m0/s1. The number of rotatable bonds is 13. The number of aromatic amines is 1. The number of carbonyl (C=O) groups is 1. The van der Waals surface area contributed by atoms with Gasteiger partial charge < -0.3 is 29.6 Å². The monoisotopic (exact) mass is 584 g/mol. The Morgan fingerprint density at radius 1 is 1.17 bits per heavy atom. The highest BCUT2D eigenvalue weighted by atomic mass is 32.2. The van der Waals surface area contributed by atoms with Crippen LogP contribution >= 0.6 is 0 Å². The van der Waals surface area contributed by atoms with Crippen LogP contribution in [0.1, 0.15) is 31.5 Å². The normalized spacial score (nSPS) is 19.4. The second-order valence-electron chi connectivity index (χ2n) is 10.2. The summed E-state index contributed by atoms with van der Waals surface area (Å²) in [6.45, 7) is -0.153. The van der Waals surface area contributed by atoms with E-state index >= 15 is 0 Å². The topological polar surface area (TPSA) is 143 Å². The molecule has 0 bridgehead atoms. The van der Waals surface area contributed by atoms with E-state index in [0.29, 0.717) is 23.9 Å². The van der Waals surface area contributed by atoms with Gasteiger partial charge in [0.15, 0.2) is 5.76 Å². The summed E-state index contributed by atoms with van der Waals surface area (Å²) in [6, 6.07) is 13.7. The van der Waals surface area contributed by atoms with Gasteiger partial charge in [-0.1, -0.05) is 18.6 Å². The van der Waals surface area contributed by atoms with Crippen LogP contribution in [0.3, 0.4) is 0 Å². The highest BCUT2D eigenvalue weighted by Gasteiger charge is 2.35. The molecular formula is C29H36N4O7S. The van der Waals surface area contributed by atoms with E-state index in [1.807, 2.05) is 30.3 Å². The molecule has 2 atom stereocenters. The van der Waals surface area contributed by atoms with Crippen molar-refractivity contribution in [3.05, 3.63) is 66.2 Å². The van der Waals surface area contributed by atoms with E-state index in [0.717, 1.165) is 30.3 Å². The molecule has 5 rings (SSSR count). The summed E-state index contributed by atoms with van der Waals surface area (Å²) in [4.78, 5) is 20.9. The van der Waals surface area contributed by atoms with Crippen LogP contribution in [0.2, 0.25) is 0 Å². The number of sulfonamides is 1. The van der Waals surface area contributed by atoms with Gasteiger partial charge in [-0.2, -0.15) is 4.31 Å². The molecule has 41 heavy (non-hydrogen) atoms. The number of methoxy groups -OCH3 is 1. The fourth-order valence-corrected chi connectivity index (χ4v) is 6.54. The summed E-state index contributed by atoms with van der Waals surface area (Å²) in [5, 5.41) is 12.4. The smallest absolute Gasteiger partial charge is 0.286 e. The molecule has 1 fully saturated rings. The van der Waals surface area contributed by atoms with Gasteiger partial charge in [0.05, 0.1) is 42.8 Å². The van der Waals surface area contributed by atoms with Gasteiger partial charge >= 0.3 is 0 Å². The lowest BCUT2D eigenvalue weighted by Crippen LogP contribution is -2.39. The van der Waals surface area contributed by atoms with Crippen LogP contribution in [0.5, 0.6) is 5.75 Å². The van der Waals surface area contributed by atoms with Crippen LogP contribution in [0.15, 0.2) is 65.3 Å². The van der Waals surface area contributed by atoms with Crippen molar-refractivity contribution in [3.63, 3.8) is 0 Å². The van der Waals surface area contributed by atoms with Crippen molar-refractivity contribution in [2.24, 2.45) is 11.8 Å². The summed E-state index contributed by atoms with van der Waals surface area (Å²) in [6.07, 6.45) is 5.12. The largest absolute Gasteiger partial charge is 0.497 e. The fourth-order valence-electron chi connectivity index (χ4n) is 5.13. The molecule has 1 saturated carbocycles. The van der Waals surface area contributed by atoms with Crippen LogP contribution in [0.4, 0.5) is 0 Å². The van der Waals surface area contributed by atoms with Crippen LogP contribution in [-0.2, 0) is 30.8 Å². The van der Waals surface area contributed by atoms with Gasteiger partial charge in [-0.05, 0) is 67.2 Å². The SMILES string of the molecule is COc1ccc(S(=O)(=O)N(CCO)CCO[C@H]2C[C@@H](C3CCC3)C=C(C(=O)NCc3nc4ccccc4[nH]3)O2)cc1. The number of benzene rings is 2. The summed E-state index contributed by atoms with van der Waals surface area (Å²) in [7, 11) is -2.36. The first-order valence-corrected chi connectivity index (χ1v) is 15.3. The molecule has 0 saturated heterocycles. The maximum atomic E-state index is 13.2. The summed E-state index contributed by atoms with van der Waals surface area (Å²) in [5.41, 5.74) is 1.72. The molecule has 12 heteroatoms. The summed E-state index contributed by atoms with van der Waals surface area (Å²) < 4.78 is 44.6. The van der Waals surface area contributed by atoms with E-state index < -0.39 is 16.3 Å². The summed E-state index contributed by atoms with van der Waals surface area (Å²) in [5.74, 6) is 1.62. The first kappa shape index (κ1) is 29.1. The molecule has 1 aromatic heterocycles. The van der Waals surface area contributed by atoms with E-state index in [2.05, 4.69) is 15.3 Å². The van der Waals surface area contributed by atoms with Crippen LogP contribution in [0.25, 0.3) is 11.0 Å². The van der Waals surface area contributed by atoms with E-state index in [9.17, 15) is 18.3 Å². The quantitative estimate of drug-likeness (QED) is 0.278. The van der Waals surface area contributed by atoms with E-state index in [4.69, 9.17) is 14.2 Å². The van der Waals surface area contributed by atoms with E-state index in [-0.39, 0.29) is 55.3 Å². The number of fused-ring (bicyclic) bond motifs is 1. The molecule has 1 aliphatic carbocycles. The number of aliphatic hydroxyl groups excluding tert-OH is 1. The molecule has 2 heterocycles. The molecule has 0 spiro atoms. The molecule has 3 N–H and O–H groups in total. The Balaban J connectivity index is 1.20. The first-order valence-electron chi connectivity index (χ1n) is 13.8. The minimum Gasteiger partial charge on any atom is -0.497 e. The number of carbonyl (C=O) groups excluding carboxylic acids is 1. The zero-order chi connectivity index (χ0) is 28.8. The minimum absolute atomic E-state index is 0.0141. The van der Waals surface area contributed by atoms with Crippen molar-refractivity contribution in [1.82, 2.24) is 19.6 Å². The van der Waals surface area contributed by atoms with Crippen molar-refractivity contribution >= 4 is 27.0 Å². The third kappa shape index (κ3) is 6.89. The van der Waals surface area contributed by atoms with Gasteiger partial charge in [-0.15, -0.1) is 0 Å². The number of ether oxygens (including phenoxy) is 3. The maximum absolute atomic E-state index is 13.2. The Morgan fingerprint density at radius 2 is 1.95 bits per heavy atom. The van der Waals surface area contributed by atoms with Crippen molar-refractivity contribution in [2.75, 3.05) is 33.4 Å². The number of hydrogen-bond acceptors (Lipinski definition) is 8. The van der Waals surface area contributed by atoms with Crippen LogP contribution in [0, 0.1) is 11.8 Å². The maximum Gasteiger partial charge on any atom is 0.286 e. The average molecular weight is 585 g/mol. The van der Waals surface area contributed by atoms with Gasteiger partial charge in [0.1, 0.15) is 11.6 Å². The third-order valence-electron chi connectivity index (χ3n) is 7.61. The first-order chi connectivity index (χ1) is 19.9. The molecule has 1 aliphatic heterocycles. The number of nitrogens with one attached hydrogen (secondary N) is 2. The molecule has 0 unspecified atom stereocenters. The predicted molar refractivity (Wildman–Crippen MR) is 151 cm³/mol. The highest BCUT2D eigenvalue weighted by Crippen LogP contribution is 2.40. The minimum atomic E-state index is -3.87. The van der Waals surface area contributed by atoms with Crippen LogP contribution in [-0.4, -0.2) is 73.4 Å². The Morgan fingerprint density at radius 3 is 2.63 bits per heavy atom. The van der Waals surface area contributed by atoms with Crippen LogP contribution < -0.4 is 10.1 Å². The van der Waals surface area contributed by atoms with Gasteiger partial charge in [0, 0.05) is 19.5 Å². The second kappa shape index (κ2) is 13.0. The fraction of sp³-hybridized carbons (Fsp3) is 0.448. The number of aliphatic hydroxyl groups is 1. The Hall–Kier alpha value is -3.45. The lowest BCUT2D eigenvalue weighted by molar-refractivity contribution is -0.152. The van der Waals surface area contributed by atoms with Gasteiger partial charge in [-0.3, -0.25) is 4.79 Å². The lowest BCUT2D eigenvalue weighted by Gasteiger charge is -2.37. The Bertz CT molecular complexity index is 1430. The molecule has 220 valence electrons. The molecule has 2 aromatic carbocycles. The molecule has 0 radical (unpaired) electrons. The number of H-pyrrole nitrogens is 1. The third-order valence-corrected chi connectivity index (χ3v) is 9.53. The van der Waals surface area contributed by atoms with E-state index in [1.54, 1.807) is 12.1 Å². The zero-order valence-corrected chi connectivity index (χ0v) is 23.8. The van der Waals surface area contributed by atoms with Crippen molar-refractivity contribution in [1.29, 1.82) is 0 Å². The van der Waals surface area contributed by atoms with Gasteiger partial charge in [0.2, 0.25) is 16.3 Å². The van der Waals surface area contributed by atoms with Crippen molar-refractivity contribution in [2.45, 2.75) is 43.4 Å². The van der Waals surface area contributed by atoms with Gasteiger partial charge in [-0.25, -0.2) is 13.4 Å². The highest BCUT2D eigenvalue weighted by molar-refractivity contribution is 7.89. The zero-order valence-electron chi connectivity index (χ0n) is 23.0. The second-order valence-corrected chi connectivity index (χ2v) is 12.2. The van der Waals surface area contributed by atoms with Crippen molar-refractivity contribution in [3.8, 4) is 5.75 Å². The number of allylic oxidation sites excluding steroid dienone is 1.